The number of hydrogen-bond donors (Lipinski definition) is 1. The first-order valence-electron chi connectivity index (χ1n) is 4.23. The molecule has 2 heterocycles. The van der Waals surface area contributed by atoms with Gasteiger partial charge in [0.25, 0.3) is 0 Å². The molecule has 0 unspecified atom stereocenters. The van der Waals surface area contributed by atoms with Crippen molar-refractivity contribution < 1.29 is 5.11 Å². The van der Waals surface area contributed by atoms with Crippen LogP contribution in [-0.4, -0.2) is 15.1 Å². The Hall–Kier alpha value is -1.16. The van der Waals surface area contributed by atoms with Gasteiger partial charge in [-0.05, 0) is 6.42 Å². The van der Waals surface area contributed by atoms with E-state index in [0.29, 0.717) is 0 Å². The molecule has 0 aliphatic carbocycles. The van der Waals surface area contributed by atoms with Gasteiger partial charge in [-0.25, -0.2) is 4.98 Å². The van der Waals surface area contributed by atoms with Crippen LogP contribution in [0.15, 0.2) is 10.8 Å². The summed E-state index contributed by atoms with van der Waals surface area (Å²) < 4.78 is 0. The summed E-state index contributed by atoms with van der Waals surface area (Å²) in [6.45, 7) is 2.07. The Morgan fingerprint density at radius 2 is 2.23 bits per heavy atom. The minimum absolute atomic E-state index is 0.106. The largest absolute Gasteiger partial charge is 0.493 e. The number of hydrogen-bond acceptors (Lipinski definition) is 4. The van der Waals surface area contributed by atoms with Crippen LogP contribution in [0.4, 0.5) is 0 Å². The minimum Gasteiger partial charge on any atom is -0.493 e. The van der Waals surface area contributed by atoms with Crippen LogP contribution in [0, 0.1) is 0 Å². The van der Waals surface area contributed by atoms with Crippen LogP contribution in [0.3, 0.4) is 0 Å². The molecule has 2 aromatic rings. The van der Waals surface area contributed by atoms with Gasteiger partial charge < -0.3 is 5.11 Å². The number of aryl methyl sites for hydroxylation is 1. The Labute approximate surface area is 80.1 Å². The van der Waals surface area contributed by atoms with E-state index in [0.717, 1.165) is 29.6 Å². The summed E-state index contributed by atoms with van der Waals surface area (Å²) in [6.07, 6.45) is 1.81. The molecule has 0 amide bonds. The average molecular weight is 194 g/mol. The van der Waals surface area contributed by atoms with Gasteiger partial charge in [0.2, 0.25) is 5.88 Å². The van der Waals surface area contributed by atoms with Gasteiger partial charge in [0.05, 0.1) is 10.9 Å². The molecule has 0 aliphatic heterocycles. The zero-order chi connectivity index (χ0) is 9.26. The SMILES string of the molecule is CCCc1nc(O)c2cscc2n1. The third-order valence-corrected chi connectivity index (χ3v) is 2.57. The van der Waals surface area contributed by atoms with Crippen molar-refractivity contribution in [3.8, 4) is 5.88 Å². The summed E-state index contributed by atoms with van der Waals surface area (Å²) >= 11 is 1.53. The summed E-state index contributed by atoms with van der Waals surface area (Å²) in [4.78, 5) is 8.34. The standard InChI is InChI=1S/C9H10N2OS/c1-2-3-8-10-7-5-13-4-6(7)9(12)11-8/h4-5H,2-3H2,1H3,(H,10,11,12). The van der Waals surface area contributed by atoms with E-state index in [1.807, 2.05) is 10.8 Å². The van der Waals surface area contributed by atoms with E-state index in [1.165, 1.54) is 11.3 Å². The molecule has 2 aromatic heterocycles. The zero-order valence-electron chi connectivity index (χ0n) is 7.32. The lowest BCUT2D eigenvalue weighted by Crippen LogP contribution is -1.93. The molecule has 68 valence electrons. The first-order valence-corrected chi connectivity index (χ1v) is 5.17. The maximum Gasteiger partial charge on any atom is 0.223 e. The normalized spacial score (nSPS) is 10.8. The van der Waals surface area contributed by atoms with Crippen LogP contribution < -0.4 is 0 Å². The highest BCUT2D eigenvalue weighted by Gasteiger charge is 2.05. The fourth-order valence-electron chi connectivity index (χ4n) is 1.23. The third-order valence-electron chi connectivity index (χ3n) is 1.84. The minimum atomic E-state index is 0.106. The summed E-state index contributed by atoms with van der Waals surface area (Å²) in [7, 11) is 0. The van der Waals surface area contributed by atoms with E-state index in [4.69, 9.17) is 0 Å². The highest BCUT2D eigenvalue weighted by molar-refractivity contribution is 7.09. The van der Waals surface area contributed by atoms with Crippen molar-refractivity contribution in [1.29, 1.82) is 0 Å². The van der Waals surface area contributed by atoms with Crippen LogP contribution in [0.25, 0.3) is 10.9 Å². The zero-order valence-corrected chi connectivity index (χ0v) is 8.14. The Bertz CT molecular complexity index is 424. The molecule has 0 bridgehead atoms. The molecule has 2 rings (SSSR count). The van der Waals surface area contributed by atoms with Crippen LogP contribution in [-0.2, 0) is 6.42 Å². The van der Waals surface area contributed by atoms with Crippen molar-refractivity contribution in [2.24, 2.45) is 0 Å². The van der Waals surface area contributed by atoms with E-state index in [1.54, 1.807) is 0 Å². The second-order valence-corrected chi connectivity index (χ2v) is 3.63. The van der Waals surface area contributed by atoms with Crippen molar-refractivity contribution in [1.82, 2.24) is 9.97 Å². The predicted octanol–water partition coefficient (Wildman–Crippen LogP) is 2.35. The molecule has 0 spiro atoms. The van der Waals surface area contributed by atoms with Crippen LogP contribution in [0.5, 0.6) is 5.88 Å². The van der Waals surface area contributed by atoms with Gasteiger partial charge >= 0.3 is 0 Å². The molecule has 0 fully saturated rings. The average Bonchev–Trinajstić information content (AvgIpc) is 2.53. The molecular weight excluding hydrogens is 184 g/mol. The molecule has 0 radical (unpaired) electrons. The molecule has 1 N–H and O–H groups in total. The Morgan fingerprint density at radius 1 is 1.38 bits per heavy atom. The molecule has 0 atom stereocenters. The second kappa shape index (κ2) is 3.30. The summed E-state index contributed by atoms with van der Waals surface area (Å²) in [5, 5.41) is 14.1. The van der Waals surface area contributed by atoms with E-state index in [2.05, 4.69) is 16.9 Å². The highest BCUT2D eigenvalue weighted by Crippen LogP contribution is 2.24. The number of nitrogens with zero attached hydrogens (tertiary/aromatic N) is 2. The number of rotatable bonds is 2. The molecular formula is C9H10N2OS. The third kappa shape index (κ3) is 1.49. The number of thiophene rings is 1. The Kier molecular flexibility index (Phi) is 2.14. The predicted molar refractivity (Wildman–Crippen MR) is 53.1 cm³/mol. The summed E-state index contributed by atoms with van der Waals surface area (Å²) in [6, 6.07) is 0. The van der Waals surface area contributed by atoms with E-state index < -0.39 is 0 Å². The van der Waals surface area contributed by atoms with Crippen molar-refractivity contribution in [3.63, 3.8) is 0 Å². The lowest BCUT2D eigenvalue weighted by molar-refractivity contribution is 0.456. The first-order chi connectivity index (χ1) is 6.31. The van der Waals surface area contributed by atoms with Gasteiger partial charge in [-0.3, -0.25) is 0 Å². The topological polar surface area (TPSA) is 46.0 Å². The van der Waals surface area contributed by atoms with Gasteiger partial charge in [-0.2, -0.15) is 4.98 Å². The second-order valence-electron chi connectivity index (χ2n) is 2.88. The summed E-state index contributed by atoms with van der Waals surface area (Å²) in [5.74, 6) is 0.834. The van der Waals surface area contributed by atoms with Crippen LogP contribution in [0.1, 0.15) is 19.2 Å². The van der Waals surface area contributed by atoms with Gasteiger partial charge in [0.15, 0.2) is 0 Å². The molecule has 0 aromatic carbocycles. The first kappa shape index (κ1) is 8.44. The molecule has 3 nitrogen and oxygen atoms in total. The molecule has 0 aliphatic rings. The molecule has 13 heavy (non-hydrogen) atoms. The lowest BCUT2D eigenvalue weighted by Gasteiger charge is -1.98. The van der Waals surface area contributed by atoms with Crippen molar-refractivity contribution in [2.75, 3.05) is 0 Å². The Morgan fingerprint density at radius 3 is 3.00 bits per heavy atom. The van der Waals surface area contributed by atoms with Crippen LogP contribution in [0.2, 0.25) is 0 Å². The molecule has 4 heteroatoms. The fraction of sp³-hybridized carbons (Fsp3) is 0.333. The van der Waals surface area contributed by atoms with Gasteiger partial charge in [0, 0.05) is 17.2 Å². The van der Waals surface area contributed by atoms with E-state index in [-0.39, 0.29) is 5.88 Å². The number of aromatic nitrogens is 2. The van der Waals surface area contributed by atoms with E-state index in [9.17, 15) is 5.11 Å². The highest BCUT2D eigenvalue weighted by atomic mass is 32.1. The van der Waals surface area contributed by atoms with Crippen LogP contribution >= 0.6 is 11.3 Å². The molecule has 0 saturated heterocycles. The monoisotopic (exact) mass is 194 g/mol. The Balaban J connectivity index is 2.56. The number of fused-ring (bicyclic) bond motifs is 1. The smallest absolute Gasteiger partial charge is 0.223 e. The van der Waals surface area contributed by atoms with Gasteiger partial charge in [-0.1, -0.05) is 6.92 Å². The summed E-state index contributed by atoms with van der Waals surface area (Å²) in [5.41, 5.74) is 0.848. The van der Waals surface area contributed by atoms with Crippen molar-refractivity contribution in [2.45, 2.75) is 19.8 Å². The number of aromatic hydroxyl groups is 1. The maximum atomic E-state index is 9.52. The molecule has 0 saturated carbocycles. The van der Waals surface area contributed by atoms with Crippen molar-refractivity contribution in [3.05, 3.63) is 16.6 Å². The fourth-order valence-corrected chi connectivity index (χ4v) is 1.96. The lowest BCUT2D eigenvalue weighted by atomic mass is 10.3. The maximum absolute atomic E-state index is 9.52. The van der Waals surface area contributed by atoms with Crippen molar-refractivity contribution >= 4 is 22.2 Å². The van der Waals surface area contributed by atoms with Gasteiger partial charge in [-0.15, -0.1) is 11.3 Å². The quantitative estimate of drug-likeness (QED) is 0.798. The van der Waals surface area contributed by atoms with Gasteiger partial charge in [0.1, 0.15) is 5.82 Å². The van der Waals surface area contributed by atoms with E-state index >= 15 is 0 Å².